The third-order valence-corrected chi connectivity index (χ3v) is 5.61. The Morgan fingerprint density at radius 3 is 2.22 bits per heavy atom. The normalized spacial score (nSPS) is 12.8. The van der Waals surface area contributed by atoms with Gasteiger partial charge in [-0.05, 0) is 66.6 Å². The van der Waals surface area contributed by atoms with Gasteiger partial charge in [-0.3, -0.25) is 20.1 Å². The van der Waals surface area contributed by atoms with E-state index in [0.717, 1.165) is 41.7 Å². The number of nitrogens with zero attached hydrogens (tertiary/aromatic N) is 2. The molecule has 1 aromatic carbocycles. The topological polar surface area (TPSA) is 90.1 Å². The number of rotatable bonds is 13. The fourth-order valence-electron chi connectivity index (χ4n) is 3.70. The third-order valence-electron chi connectivity index (χ3n) is 5.61. The Hall–Kier alpha value is -3.25. The van der Waals surface area contributed by atoms with E-state index in [-0.39, 0.29) is 0 Å². The Balaban J connectivity index is 1.81. The van der Waals surface area contributed by atoms with Gasteiger partial charge in [-0.1, -0.05) is 37.6 Å². The lowest BCUT2D eigenvalue weighted by molar-refractivity contribution is -0.125. The first-order valence-electron chi connectivity index (χ1n) is 11.2. The van der Waals surface area contributed by atoms with Crippen molar-refractivity contribution in [1.82, 2.24) is 15.3 Å². The Kier molecular flexibility index (Phi) is 8.75. The van der Waals surface area contributed by atoms with Crippen LogP contribution in [0.15, 0.2) is 73.3 Å². The molecule has 32 heavy (non-hydrogen) atoms. The summed E-state index contributed by atoms with van der Waals surface area (Å²) in [6, 6.07) is 15.6. The number of benzene rings is 1. The highest BCUT2D eigenvalue weighted by atomic mass is 16.5. The van der Waals surface area contributed by atoms with Crippen molar-refractivity contribution in [3.8, 4) is 5.75 Å². The maximum absolute atomic E-state index is 12.9. The number of unbranched alkanes of at least 4 members (excludes halogenated alkanes) is 1. The summed E-state index contributed by atoms with van der Waals surface area (Å²) in [5, 5.41) is 3.48. The number of nitrogens with one attached hydrogen (secondary N) is 1. The van der Waals surface area contributed by atoms with Gasteiger partial charge in [0.2, 0.25) is 5.91 Å². The van der Waals surface area contributed by atoms with E-state index < -0.39 is 11.4 Å². The Morgan fingerprint density at radius 1 is 1.00 bits per heavy atom. The summed E-state index contributed by atoms with van der Waals surface area (Å²) in [6.07, 6.45) is 11.2. The zero-order valence-corrected chi connectivity index (χ0v) is 18.7. The minimum atomic E-state index is -1.00. The summed E-state index contributed by atoms with van der Waals surface area (Å²) in [5.41, 5.74) is 8.02. The van der Waals surface area contributed by atoms with Gasteiger partial charge in [0.15, 0.2) is 0 Å². The SMILES string of the molecule is CCCCOc1ccc(C(CCc2cccnc2)(NCCc2cccnc2)C(N)=O)cc1. The number of amides is 1. The monoisotopic (exact) mass is 432 g/mol. The largest absolute Gasteiger partial charge is 0.494 e. The van der Waals surface area contributed by atoms with Crippen molar-refractivity contribution in [1.29, 1.82) is 0 Å². The summed E-state index contributed by atoms with van der Waals surface area (Å²) < 4.78 is 5.79. The lowest BCUT2D eigenvalue weighted by Crippen LogP contribution is -2.53. The number of aryl methyl sites for hydroxylation is 1. The number of hydrogen-bond donors (Lipinski definition) is 2. The lowest BCUT2D eigenvalue weighted by Gasteiger charge is -2.33. The van der Waals surface area contributed by atoms with Crippen LogP contribution < -0.4 is 15.8 Å². The smallest absolute Gasteiger partial charge is 0.242 e. The zero-order valence-electron chi connectivity index (χ0n) is 18.7. The number of aromatic nitrogens is 2. The number of carbonyl (C=O) groups is 1. The van der Waals surface area contributed by atoms with Gasteiger partial charge >= 0.3 is 0 Å². The average molecular weight is 433 g/mol. The number of hydrogen-bond acceptors (Lipinski definition) is 5. The Morgan fingerprint density at radius 2 is 1.66 bits per heavy atom. The molecule has 1 amide bonds. The van der Waals surface area contributed by atoms with Crippen LogP contribution in [0.25, 0.3) is 0 Å². The molecule has 1 unspecified atom stereocenters. The molecule has 3 N–H and O–H groups in total. The third kappa shape index (κ3) is 6.37. The Labute approximate surface area is 190 Å². The number of ether oxygens (including phenoxy) is 1. The molecule has 0 saturated carbocycles. The van der Waals surface area contributed by atoms with Gasteiger partial charge in [0.25, 0.3) is 0 Å². The Bertz CT molecular complexity index is 949. The highest BCUT2D eigenvalue weighted by Gasteiger charge is 2.37. The maximum Gasteiger partial charge on any atom is 0.242 e. The standard InChI is InChI=1S/C26H32N4O2/c1-2-3-18-32-24-10-8-23(9-11-24)26(25(27)31,14-12-21-6-4-15-28-19-21)30-17-13-22-7-5-16-29-20-22/h4-11,15-16,19-20,30H,2-3,12-14,17-18H2,1H3,(H2,27,31). The van der Waals surface area contributed by atoms with E-state index in [4.69, 9.17) is 10.5 Å². The van der Waals surface area contributed by atoms with Crippen molar-refractivity contribution >= 4 is 5.91 Å². The summed E-state index contributed by atoms with van der Waals surface area (Å²) in [5.74, 6) is 0.399. The molecular weight excluding hydrogens is 400 g/mol. The van der Waals surface area contributed by atoms with E-state index in [9.17, 15) is 4.79 Å². The molecule has 0 saturated heterocycles. The average Bonchev–Trinajstić information content (AvgIpc) is 2.83. The summed E-state index contributed by atoms with van der Waals surface area (Å²) in [7, 11) is 0. The molecule has 3 aromatic rings. The second kappa shape index (κ2) is 12.0. The fraction of sp³-hybridized carbons (Fsp3) is 0.346. The van der Waals surface area contributed by atoms with E-state index in [0.29, 0.717) is 26.0 Å². The second-order valence-corrected chi connectivity index (χ2v) is 7.90. The number of primary amides is 1. The second-order valence-electron chi connectivity index (χ2n) is 7.90. The van der Waals surface area contributed by atoms with Crippen molar-refractivity contribution in [3.05, 3.63) is 90.0 Å². The molecule has 0 radical (unpaired) electrons. The molecule has 6 heteroatoms. The molecule has 2 aromatic heterocycles. The van der Waals surface area contributed by atoms with Gasteiger partial charge in [-0.2, -0.15) is 0 Å². The van der Waals surface area contributed by atoms with E-state index in [1.807, 2.05) is 60.9 Å². The molecule has 3 rings (SSSR count). The van der Waals surface area contributed by atoms with E-state index in [1.165, 1.54) is 0 Å². The molecular formula is C26H32N4O2. The summed E-state index contributed by atoms with van der Waals surface area (Å²) >= 11 is 0. The quantitative estimate of drug-likeness (QED) is 0.401. The van der Waals surface area contributed by atoms with Crippen molar-refractivity contribution in [2.45, 2.75) is 44.6 Å². The van der Waals surface area contributed by atoms with Gasteiger partial charge in [0, 0.05) is 31.3 Å². The first-order valence-corrected chi connectivity index (χ1v) is 11.2. The van der Waals surface area contributed by atoms with Crippen LogP contribution in [0, 0.1) is 0 Å². The van der Waals surface area contributed by atoms with Crippen LogP contribution in [-0.2, 0) is 23.2 Å². The van der Waals surface area contributed by atoms with Crippen LogP contribution >= 0.6 is 0 Å². The molecule has 0 aliphatic heterocycles. The molecule has 168 valence electrons. The van der Waals surface area contributed by atoms with Gasteiger partial charge in [-0.25, -0.2) is 0 Å². The molecule has 1 atom stereocenters. The van der Waals surface area contributed by atoms with E-state index in [1.54, 1.807) is 12.4 Å². The molecule has 2 heterocycles. The van der Waals surface area contributed by atoms with Crippen molar-refractivity contribution in [2.75, 3.05) is 13.2 Å². The first-order chi connectivity index (χ1) is 15.6. The van der Waals surface area contributed by atoms with Crippen molar-refractivity contribution in [2.24, 2.45) is 5.73 Å². The zero-order chi connectivity index (χ0) is 22.7. The molecule has 0 bridgehead atoms. The predicted octanol–water partition coefficient (Wildman–Crippen LogP) is 3.80. The number of carbonyl (C=O) groups excluding carboxylic acids is 1. The molecule has 6 nitrogen and oxygen atoms in total. The highest BCUT2D eigenvalue weighted by Crippen LogP contribution is 2.29. The minimum absolute atomic E-state index is 0.396. The van der Waals surface area contributed by atoms with Gasteiger partial charge in [0.1, 0.15) is 11.3 Å². The first kappa shape index (κ1) is 23.4. The van der Waals surface area contributed by atoms with Crippen LogP contribution in [-0.4, -0.2) is 29.0 Å². The summed E-state index contributed by atoms with van der Waals surface area (Å²) in [6.45, 7) is 3.41. The number of nitrogens with two attached hydrogens (primary N) is 1. The van der Waals surface area contributed by atoms with Gasteiger partial charge < -0.3 is 10.5 Å². The molecule has 0 aliphatic carbocycles. The summed E-state index contributed by atoms with van der Waals surface area (Å²) in [4.78, 5) is 21.2. The van der Waals surface area contributed by atoms with Crippen LogP contribution in [0.5, 0.6) is 5.75 Å². The number of pyridine rings is 2. The van der Waals surface area contributed by atoms with Gasteiger partial charge in [-0.15, -0.1) is 0 Å². The van der Waals surface area contributed by atoms with Crippen LogP contribution in [0.1, 0.15) is 42.9 Å². The van der Waals surface area contributed by atoms with E-state index >= 15 is 0 Å². The van der Waals surface area contributed by atoms with Crippen LogP contribution in [0.3, 0.4) is 0 Å². The van der Waals surface area contributed by atoms with Crippen LogP contribution in [0.2, 0.25) is 0 Å². The molecule has 0 spiro atoms. The molecule has 0 aliphatic rings. The predicted molar refractivity (Wildman–Crippen MR) is 126 cm³/mol. The maximum atomic E-state index is 12.9. The van der Waals surface area contributed by atoms with E-state index in [2.05, 4.69) is 22.2 Å². The molecule has 0 fully saturated rings. The van der Waals surface area contributed by atoms with Crippen molar-refractivity contribution < 1.29 is 9.53 Å². The van der Waals surface area contributed by atoms with Crippen LogP contribution in [0.4, 0.5) is 0 Å². The lowest BCUT2D eigenvalue weighted by atomic mass is 9.83. The highest BCUT2D eigenvalue weighted by molar-refractivity contribution is 5.86. The minimum Gasteiger partial charge on any atom is -0.494 e. The van der Waals surface area contributed by atoms with Gasteiger partial charge in [0.05, 0.1) is 6.61 Å². The van der Waals surface area contributed by atoms with Crippen molar-refractivity contribution in [3.63, 3.8) is 0 Å². The fourth-order valence-corrected chi connectivity index (χ4v) is 3.70.